The van der Waals surface area contributed by atoms with Gasteiger partial charge in [-0.05, 0) is 22.6 Å². The predicted molar refractivity (Wildman–Crippen MR) is 51.5 cm³/mol. The second-order valence-electron chi connectivity index (χ2n) is 2.36. The van der Waals surface area contributed by atoms with Crippen molar-refractivity contribution in [3.8, 4) is 5.75 Å². The van der Waals surface area contributed by atoms with Crippen LogP contribution in [0.4, 0.5) is 13.2 Å². The SMILES string of the molecule is NCc1cc(OC(F)(F)F)c(I)cn1. The molecule has 1 aromatic rings. The fourth-order valence-electron chi connectivity index (χ4n) is 0.775. The quantitative estimate of drug-likeness (QED) is 0.849. The van der Waals surface area contributed by atoms with E-state index >= 15 is 0 Å². The Hall–Kier alpha value is -0.570. The number of ether oxygens (including phenoxy) is 1. The molecule has 0 aliphatic carbocycles. The number of nitrogens with zero attached hydrogens (tertiary/aromatic N) is 1. The lowest BCUT2D eigenvalue weighted by Gasteiger charge is -2.10. The van der Waals surface area contributed by atoms with Gasteiger partial charge >= 0.3 is 6.36 Å². The van der Waals surface area contributed by atoms with Crippen molar-refractivity contribution in [2.45, 2.75) is 12.9 Å². The van der Waals surface area contributed by atoms with Crippen LogP contribution in [0.15, 0.2) is 12.3 Å². The molecule has 0 spiro atoms. The molecule has 0 saturated heterocycles. The van der Waals surface area contributed by atoms with E-state index in [0.717, 1.165) is 0 Å². The molecule has 7 heteroatoms. The number of hydrogen-bond donors (Lipinski definition) is 1. The van der Waals surface area contributed by atoms with E-state index in [1.54, 1.807) is 22.6 Å². The minimum absolute atomic E-state index is 0.0745. The molecule has 14 heavy (non-hydrogen) atoms. The van der Waals surface area contributed by atoms with E-state index in [9.17, 15) is 13.2 Å². The van der Waals surface area contributed by atoms with E-state index in [0.29, 0.717) is 5.69 Å². The van der Waals surface area contributed by atoms with Crippen molar-refractivity contribution >= 4 is 22.6 Å². The second kappa shape index (κ2) is 4.30. The first-order chi connectivity index (χ1) is 6.42. The van der Waals surface area contributed by atoms with Crippen LogP contribution in [0.1, 0.15) is 5.69 Å². The fraction of sp³-hybridized carbons (Fsp3) is 0.286. The summed E-state index contributed by atoms with van der Waals surface area (Å²) in [6.07, 6.45) is -3.41. The maximum Gasteiger partial charge on any atom is 0.573 e. The van der Waals surface area contributed by atoms with E-state index in [1.807, 2.05) is 0 Å². The molecule has 1 aromatic heterocycles. The molecule has 0 unspecified atom stereocenters. The maximum absolute atomic E-state index is 11.9. The van der Waals surface area contributed by atoms with Gasteiger partial charge < -0.3 is 10.5 Å². The van der Waals surface area contributed by atoms with Crippen LogP contribution in [-0.2, 0) is 6.54 Å². The van der Waals surface area contributed by atoms with Gasteiger partial charge in [0.1, 0.15) is 5.75 Å². The highest BCUT2D eigenvalue weighted by Crippen LogP contribution is 2.27. The third kappa shape index (κ3) is 3.29. The standard InChI is InChI=1S/C7H6F3IN2O/c8-7(9,10)14-6-1-4(2-12)13-3-5(6)11/h1,3H,2,12H2. The first-order valence-electron chi connectivity index (χ1n) is 3.52. The van der Waals surface area contributed by atoms with Crippen molar-refractivity contribution in [3.63, 3.8) is 0 Å². The molecule has 3 nitrogen and oxygen atoms in total. The maximum atomic E-state index is 11.9. The fourth-order valence-corrected chi connectivity index (χ4v) is 1.18. The van der Waals surface area contributed by atoms with Crippen LogP contribution in [0.25, 0.3) is 0 Å². The van der Waals surface area contributed by atoms with Crippen LogP contribution in [0.2, 0.25) is 0 Å². The zero-order valence-electron chi connectivity index (χ0n) is 6.81. The Labute approximate surface area is 91.6 Å². The predicted octanol–water partition coefficient (Wildman–Crippen LogP) is 2.04. The molecule has 0 saturated carbocycles. The first kappa shape index (κ1) is 11.5. The van der Waals surface area contributed by atoms with E-state index in [2.05, 4.69) is 9.72 Å². The molecular weight excluding hydrogens is 312 g/mol. The van der Waals surface area contributed by atoms with E-state index in [1.165, 1.54) is 12.3 Å². The monoisotopic (exact) mass is 318 g/mol. The molecule has 0 aliphatic rings. The zero-order chi connectivity index (χ0) is 10.8. The lowest BCUT2D eigenvalue weighted by Crippen LogP contribution is -2.18. The van der Waals surface area contributed by atoms with Gasteiger partial charge in [-0.3, -0.25) is 4.98 Å². The average molecular weight is 318 g/mol. The molecule has 78 valence electrons. The van der Waals surface area contributed by atoms with Gasteiger partial charge in [0.25, 0.3) is 0 Å². The topological polar surface area (TPSA) is 48.1 Å². The summed E-state index contributed by atoms with van der Waals surface area (Å²) in [4.78, 5) is 3.81. The molecule has 0 amide bonds. The van der Waals surface area contributed by atoms with E-state index in [-0.39, 0.29) is 15.9 Å². The molecule has 2 N–H and O–H groups in total. The van der Waals surface area contributed by atoms with Crippen LogP contribution in [-0.4, -0.2) is 11.3 Å². The second-order valence-corrected chi connectivity index (χ2v) is 3.52. The van der Waals surface area contributed by atoms with Gasteiger partial charge in [-0.1, -0.05) is 0 Å². The largest absolute Gasteiger partial charge is 0.573 e. The summed E-state index contributed by atoms with van der Waals surface area (Å²) < 4.78 is 39.7. The third-order valence-electron chi connectivity index (χ3n) is 1.31. The minimum atomic E-state index is -4.69. The van der Waals surface area contributed by atoms with Crippen molar-refractivity contribution < 1.29 is 17.9 Å². The number of aromatic nitrogens is 1. The number of pyridine rings is 1. The lowest BCUT2D eigenvalue weighted by molar-refractivity contribution is -0.275. The Balaban J connectivity index is 2.95. The third-order valence-corrected chi connectivity index (χ3v) is 2.12. The summed E-state index contributed by atoms with van der Waals surface area (Å²) in [7, 11) is 0. The van der Waals surface area contributed by atoms with Gasteiger partial charge in [0.2, 0.25) is 0 Å². The summed E-state index contributed by atoms with van der Waals surface area (Å²) in [6, 6.07) is 1.18. The molecule has 0 aromatic carbocycles. The number of alkyl halides is 3. The van der Waals surface area contributed by atoms with Crippen molar-refractivity contribution in [3.05, 3.63) is 21.5 Å². The van der Waals surface area contributed by atoms with Gasteiger partial charge in [0, 0.05) is 18.8 Å². The highest BCUT2D eigenvalue weighted by Gasteiger charge is 2.32. The van der Waals surface area contributed by atoms with Gasteiger partial charge in [0.15, 0.2) is 0 Å². The Kier molecular flexibility index (Phi) is 3.53. The molecule has 0 radical (unpaired) electrons. The summed E-state index contributed by atoms with van der Waals surface area (Å²) in [5.41, 5.74) is 5.58. The molecule has 1 heterocycles. The molecule has 0 fully saturated rings. The van der Waals surface area contributed by atoms with Gasteiger partial charge in [-0.25, -0.2) is 0 Å². The summed E-state index contributed by atoms with van der Waals surface area (Å²) in [6.45, 7) is 0.0745. The number of rotatable bonds is 2. The molecular formula is C7H6F3IN2O. The van der Waals surface area contributed by atoms with Crippen molar-refractivity contribution in [2.75, 3.05) is 0 Å². The van der Waals surface area contributed by atoms with E-state index in [4.69, 9.17) is 5.73 Å². The number of hydrogen-bond acceptors (Lipinski definition) is 3. The van der Waals surface area contributed by atoms with Crippen LogP contribution in [0.5, 0.6) is 5.75 Å². The first-order valence-corrected chi connectivity index (χ1v) is 4.60. The van der Waals surface area contributed by atoms with Gasteiger partial charge in [-0.2, -0.15) is 0 Å². The minimum Gasteiger partial charge on any atom is -0.405 e. The van der Waals surface area contributed by atoms with Crippen molar-refractivity contribution in [1.82, 2.24) is 4.98 Å². The van der Waals surface area contributed by atoms with Crippen LogP contribution < -0.4 is 10.5 Å². The number of nitrogens with two attached hydrogens (primary N) is 1. The Morgan fingerprint density at radius 2 is 2.14 bits per heavy atom. The van der Waals surface area contributed by atoms with Crippen LogP contribution in [0.3, 0.4) is 0 Å². The van der Waals surface area contributed by atoms with Gasteiger partial charge in [-0.15, -0.1) is 13.2 Å². The van der Waals surface area contributed by atoms with E-state index < -0.39 is 6.36 Å². The molecule has 1 rings (SSSR count). The summed E-state index contributed by atoms with van der Waals surface area (Å²) in [5, 5.41) is 0. The molecule has 0 aliphatic heterocycles. The normalized spacial score (nSPS) is 11.5. The summed E-state index contributed by atoms with van der Waals surface area (Å²) >= 11 is 1.71. The lowest BCUT2D eigenvalue weighted by atomic mass is 10.3. The smallest absolute Gasteiger partial charge is 0.405 e. The van der Waals surface area contributed by atoms with Crippen molar-refractivity contribution in [2.24, 2.45) is 5.73 Å². The average Bonchev–Trinajstić information content (AvgIpc) is 2.06. The Bertz CT molecular complexity index is 329. The Morgan fingerprint density at radius 3 is 2.64 bits per heavy atom. The summed E-state index contributed by atoms with van der Waals surface area (Å²) in [5.74, 6) is -0.270. The van der Waals surface area contributed by atoms with Crippen LogP contribution in [0, 0.1) is 3.57 Å². The van der Waals surface area contributed by atoms with Crippen molar-refractivity contribution in [1.29, 1.82) is 0 Å². The highest BCUT2D eigenvalue weighted by atomic mass is 127. The van der Waals surface area contributed by atoms with Gasteiger partial charge in [0.05, 0.1) is 9.26 Å². The zero-order valence-corrected chi connectivity index (χ0v) is 8.96. The van der Waals surface area contributed by atoms with Crippen LogP contribution >= 0.6 is 22.6 Å². The molecule has 0 bridgehead atoms. The Morgan fingerprint density at radius 1 is 1.50 bits per heavy atom. The number of halogens is 4. The highest BCUT2D eigenvalue weighted by molar-refractivity contribution is 14.1. The molecule has 0 atom stereocenters.